The van der Waals surface area contributed by atoms with Crippen LogP contribution in [0.15, 0.2) is 54.6 Å². The van der Waals surface area contributed by atoms with Crippen LogP contribution >= 0.6 is 0 Å². The second kappa shape index (κ2) is 23.7. The first-order chi connectivity index (χ1) is 13.8. The lowest BCUT2D eigenvalue weighted by Crippen LogP contribution is -1.89. The molecule has 0 fully saturated rings. The number of hydrogen-bond acceptors (Lipinski definition) is 2. The van der Waals surface area contributed by atoms with Crippen molar-refractivity contribution in [2.45, 2.75) is 97.5 Å². The van der Waals surface area contributed by atoms with Crippen molar-refractivity contribution in [2.75, 3.05) is 7.11 Å². The number of unbranched alkanes of at least 4 members (excludes halogenated alkanes) is 9. The fourth-order valence-corrected chi connectivity index (χ4v) is 2.77. The normalized spacial score (nSPS) is 11.1. The van der Waals surface area contributed by atoms with Gasteiger partial charge in [0.15, 0.2) is 0 Å². The third-order valence-electron chi connectivity index (χ3n) is 4.47. The van der Waals surface area contributed by atoms with Crippen LogP contribution in [0.4, 0.5) is 0 Å². The molecule has 0 aliphatic rings. The van der Waals surface area contributed by atoms with E-state index in [9.17, 15) is 0 Å². The van der Waals surface area contributed by atoms with Crippen LogP contribution < -0.4 is 0 Å². The first-order valence-electron chi connectivity index (χ1n) is 11.3. The van der Waals surface area contributed by atoms with Crippen LogP contribution in [0.5, 0.6) is 0 Å². The molecular formula is C26H44O2. The van der Waals surface area contributed by atoms with Gasteiger partial charge in [0.1, 0.15) is 6.61 Å². The van der Waals surface area contributed by atoms with Crippen molar-refractivity contribution >= 4 is 0 Å². The summed E-state index contributed by atoms with van der Waals surface area (Å²) in [5.74, 6) is 0. The van der Waals surface area contributed by atoms with Gasteiger partial charge < -0.3 is 0 Å². The molecule has 0 aromatic heterocycles. The van der Waals surface area contributed by atoms with Crippen molar-refractivity contribution in [2.24, 2.45) is 0 Å². The Bertz CT molecular complexity index is 451. The Kier molecular flexibility index (Phi) is 22.5. The Morgan fingerprint density at radius 2 is 1.21 bits per heavy atom. The third kappa shape index (κ3) is 20.9. The summed E-state index contributed by atoms with van der Waals surface area (Å²) < 4.78 is 0. The molecule has 0 aliphatic carbocycles. The number of hydrogen-bond donors (Lipinski definition) is 0. The summed E-state index contributed by atoms with van der Waals surface area (Å²) in [6, 6.07) is 9.87. The SMILES string of the molecule is CC/C=C\CCCCCCCC/C=C/CCCC.COOCc1ccccc1. The van der Waals surface area contributed by atoms with Gasteiger partial charge in [-0.2, -0.15) is 0 Å². The van der Waals surface area contributed by atoms with E-state index in [0.29, 0.717) is 6.61 Å². The minimum Gasteiger partial charge on any atom is -0.240 e. The largest absolute Gasteiger partial charge is 0.240 e. The molecule has 0 radical (unpaired) electrons. The highest BCUT2D eigenvalue weighted by Crippen LogP contribution is 2.09. The lowest BCUT2D eigenvalue weighted by molar-refractivity contribution is -0.282. The molecule has 1 aromatic rings. The van der Waals surface area contributed by atoms with E-state index < -0.39 is 0 Å². The van der Waals surface area contributed by atoms with Gasteiger partial charge in [0.2, 0.25) is 0 Å². The first kappa shape index (κ1) is 26.6. The molecule has 0 aliphatic heterocycles. The van der Waals surface area contributed by atoms with Crippen LogP contribution in [0, 0.1) is 0 Å². The highest BCUT2D eigenvalue weighted by Gasteiger charge is 1.90. The van der Waals surface area contributed by atoms with Crippen molar-refractivity contribution in [1.29, 1.82) is 0 Å². The van der Waals surface area contributed by atoms with Gasteiger partial charge in [-0.25, -0.2) is 9.78 Å². The van der Waals surface area contributed by atoms with Crippen LogP contribution in [-0.4, -0.2) is 7.11 Å². The van der Waals surface area contributed by atoms with Gasteiger partial charge in [-0.1, -0.05) is 107 Å². The van der Waals surface area contributed by atoms with Gasteiger partial charge in [-0.3, -0.25) is 0 Å². The monoisotopic (exact) mass is 388 g/mol. The van der Waals surface area contributed by atoms with E-state index in [2.05, 4.69) is 43.0 Å². The molecule has 2 heteroatoms. The second-order valence-electron chi connectivity index (χ2n) is 7.11. The predicted octanol–water partition coefficient (Wildman–Crippen LogP) is 8.58. The van der Waals surface area contributed by atoms with E-state index >= 15 is 0 Å². The van der Waals surface area contributed by atoms with Gasteiger partial charge in [-0.15, -0.1) is 0 Å². The average molecular weight is 389 g/mol. The minimum atomic E-state index is 0.511. The van der Waals surface area contributed by atoms with Gasteiger partial charge in [0.25, 0.3) is 0 Å². The zero-order valence-electron chi connectivity index (χ0n) is 18.7. The average Bonchev–Trinajstić information content (AvgIpc) is 2.74. The van der Waals surface area contributed by atoms with E-state index in [4.69, 9.17) is 4.89 Å². The summed E-state index contributed by atoms with van der Waals surface area (Å²) in [4.78, 5) is 9.17. The van der Waals surface area contributed by atoms with Crippen molar-refractivity contribution < 1.29 is 9.78 Å². The Labute approximate surface area is 175 Å². The molecular weight excluding hydrogens is 344 g/mol. The molecule has 0 atom stereocenters. The summed E-state index contributed by atoms with van der Waals surface area (Å²) in [5, 5.41) is 0. The summed E-state index contributed by atoms with van der Waals surface area (Å²) in [5.41, 5.74) is 1.12. The van der Waals surface area contributed by atoms with Gasteiger partial charge in [-0.05, 0) is 44.1 Å². The zero-order valence-corrected chi connectivity index (χ0v) is 18.7. The highest BCUT2D eigenvalue weighted by atomic mass is 17.2. The summed E-state index contributed by atoms with van der Waals surface area (Å²) in [6.45, 7) is 4.97. The molecule has 2 nitrogen and oxygen atoms in total. The second-order valence-corrected chi connectivity index (χ2v) is 7.11. The molecule has 0 saturated carbocycles. The fourth-order valence-electron chi connectivity index (χ4n) is 2.77. The lowest BCUT2D eigenvalue weighted by atomic mass is 10.1. The molecule has 0 spiro atoms. The number of benzene rings is 1. The third-order valence-corrected chi connectivity index (χ3v) is 4.47. The van der Waals surface area contributed by atoms with E-state index in [1.807, 2.05) is 30.3 Å². The molecule has 28 heavy (non-hydrogen) atoms. The number of rotatable bonds is 16. The van der Waals surface area contributed by atoms with Crippen molar-refractivity contribution in [3.05, 3.63) is 60.2 Å². The molecule has 0 amide bonds. The standard InChI is InChI=1S/C18H34.C8H10O2/c1-3-5-7-9-11-13-15-17-18-16-14-12-10-8-6-4-2;1-9-10-7-8-5-3-2-4-6-8/h5,7,10,12H,3-4,6,8-9,11,13-18H2,1-2H3;2-6H,7H2,1H3/b7-5-,12-10+;. The fraction of sp³-hybridized carbons (Fsp3) is 0.615. The van der Waals surface area contributed by atoms with Crippen LogP contribution in [0.1, 0.15) is 96.5 Å². The maximum Gasteiger partial charge on any atom is 0.107 e. The van der Waals surface area contributed by atoms with E-state index in [1.54, 1.807) is 0 Å². The van der Waals surface area contributed by atoms with Gasteiger partial charge in [0, 0.05) is 0 Å². The number of allylic oxidation sites excluding steroid dienone is 4. The van der Waals surface area contributed by atoms with Crippen molar-refractivity contribution in [3.8, 4) is 0 Å². The van der Waals surface area contributed by atoms with Crippen LogP contribution in [0.2, 0.25) is 0 Å². The van der Waals surface area contributed by atoms with Crippen LogP contribution in [0.25, 0.3) is 0 Å². The molecule has 0 saturated heterocycles. The quantitative estimate of drug-likeness (QED) is 0.122. The Hall–Kier alpha value is -1.38. The molecule has 0 bridgehead atoms. The molecule has 1 rings (SSSR count). The smallest absolute Gasteiger partial charge is 0.107 e. The maximum absolute atomic E-state index is 4.72. The van der Waals surface area contributed by atoms with Gasteiger partial charge in [0.05, 0.1) is 7.11 Å². The molecule has 1 aromatic carbocycles. The van der Waals surface area contributed by atoms with Crippen LogP contribution in [0.3, 0.4) is 0 Å². The lowest BCUT2D eigenvalue weighted by Gasteiger charge is -1.99. The summed E-state index contributed by atoms with van der Waals surface area (Å²) in [6.07, 6.45) is 25.5. The molecule has 0 unspecified atom stereocenters. The molecule has 0 heterocycles. The van der Waals surface area contributed by atoms with E-state index in [0.717, 1.165) is 5.56 Å². The first-order valence-corrected chi connectivity index (χ1v) is 11.3. The topological polar surface area (TPSA) is 18.5 Å². The summed E-state index contributed by atoms with van der Waals surface area (Å²) in [7, 11) is 1.50. The zero-order chi connectivity index (χ0) is 20.5. The molecule has 0 N–H and O–H groups in total. The molecule has 160 valence electrons. The summed E-state index contributed by atoms with van der Waals surface area (Å²) >= 11 is 0. The van der Waals surface area contributed by atoms with Gasteiger partial charge >= 0.3 is 0 Å². The van der Waals surface area contributed by atoms with E-state index in [1.165, 1.54) is 84.2 Å². The van der Waals surface area contributed by atoms with Crippen molar-refractivity contribution in [1.82, 2.24) is 0 Å². The van der Waals surface area contributed by atoms with Crippen LogP contribution in [-0.2, 0) is 16.4 Å². The Morgan fingerprint density at radius 1 is 0.679 bits per heavy atom. The Balaban J connectivity index is 0.000000609. The van der Waals surface area contributed by atoms with E-state index in [-0.39, 0.29) is 0 Å². The maximum atomic E-state index is 4.72. The Morgan fingerprint density at radius 3 is 1.75 bits per heavy atom. The van der Waals surface area contributed by atoms with Crippen molar-refractivity contribution in [3.63, 3.8) is 0 Å². The predicted molar refractivity (Wildman–Crippen MR) is 123 cm³/mol. The minimum absolute atomic E-state index is 0.511. The highest BCUT2D eigenvalue weighted by molar-refractivity contribution is 5.13.